The second kappa shape index (κ2) is 3.29. The zero-order chi connectivity index (χ0) is 11.6. The molecule has 4 rings (SSSR count). The van der Waals surface area contributed by atoms with Crippen LogP contribution in [-0.2, 0) is 0 Å². The molecule has 3 nitrogen and oxygen atoms in total. The van der Waals surface area contributed by atoms with Gasteiger partial charge >= 0.3 is 0 Å². The molecule has 4 heteroatoms. The highest BCUT2D eigenvalue weighted by atomic mass is 35.5. The van der Waals surface area contributed by atoms with Gasteiger partial charge in [0.1, 0.15) is 0 Å². The highest BCUT2D eigenvalue weighted by Crippen LogP contribution is 2.65. The van der Waals surface area contributed by atoms with Crippen LogP contribution in [0.5, 0.6) is 0 Å². The molecule has 3 saturated carbocycles. The van der Waals surface area contributed by atoms with Crippen molar-refractivity contribution in [1.29, 1.82) is 0 Å². The van der Waals surface area contributed by atoms with Gasteiger partial charge in [-0.2, -0.15) is 0 Å². The van der Waals surface area contributed by atoms with Gasteiger partial charge in [-0.15, -0.1) is 0 Å². The molecule has 1 amide bonds. The first-order valence-corrected chi connectivity index (χ1v) is 6.68. The van der Waals surface area contributed by atoms with E-state index in [2.05, 4.69) is 5.32 Å². The molecule has 0 saturated heterocycles. The fourth-order valence-corrected chi connectivity index (χ4v) is 4.32. The normalized spacial score (nSPS) is 41.4. The summed E-state index contributed by atoms with van der Waals surface area (Å²) in [5.41, 5.74) is 0. The van der Waals surface area contributed by atoms with Crippen LogP contribution in [0.4, 0.5) is 0 Å². The van der Waals surface area contributed by atoms with Gasteiger partial charge in [0.25, 0.3) is 5.91 Å². The van der Waals surface area contributed by atoms with E-state index < -0.39 is 0 Å². The largest absolute Gasteiger partial charge is 0.440 e. The standard InChI is InChI=1S/C13H14ClNO2/c14-9-4-3-8(17-9)13(16)15-12-10-6-1-2-7(5-6)11(10)12/h3-4,6-7,10-12H,1-2,5H2,(H,15,16). The SMILES string of the molecule is O=C(NC1C2C3CCC(C3)C12)c1ccc(Cl)o1. The molecule has 3 aliphatic rings. The molecule has 0 radical (unpaired) electrons. The molecule has 1 N–H and O–H groups in total. The Morgan fingerprint density at radius 2 is 2.00 bits per heavy atom. The van der Waals surface area contributed by atoms with Crippen molar-refractivity contribution in [2.75, 3.05) is 0 Å². The van der Waals surface area contributed by atoms with Crippen molar-refractivity contribution in [3.05, 3.63) is 23.1 Å². The fourth-order valence-electron chi connectivity index (χ4n) is 4.18. The lowest BCUT2D eigenvalue weighted by molar-refractivity contribution is 0.0916. The number of carbonyl (C=O) groups is 1. The summed E-state index contributed by atoms with van der Waals surface area (Å²) in [6.45, 7) is 0. The first-order valence-electron chi connectivity index (χ1n) is 6.30. The maximum absolute atomic E-state index is 11.9. The topological polar surface area (TPSA) is 42.2 Å². The van der Waals surface area contributed by atoms with Crippen molar-refractivity contribution in [1.82, 2.24) is 5.32 Å². The van der Waals surface area contributed by atoms with E-state index in [1.807, 2.05) is 0 Å². The zero-order valence-electron chi connectivity index (χ0n) is 9.36. The molecule has 1 heterocycles. The lowest BCUT2D eigenvalue weighted by Gasteiger charge is -2.09. The molecule has 1 aromatic heterocycles. The van der Waals surface area contributed by atoms with Gasteiger partial charge < -0.3 is 9.73 Å². The summed E-state index contributed by atoms with van der Waals surface area (Å²) >= 11 is 5.66. The highest BCUT2D eigenvalue weighted by Gasteiger charge is 2.65. The van der Waals surface area contributed by atoms with Crippen LogP contribution < -0.4 is 5.32 Å². The number of fused-ring (bicyclic) bond motifs is 5. The van der Waals surface area contributed by atoms with E-state index in [1.165, 1.54) is 19.3 Å². The third kappa shape index (κ3) is 1.38. The van der Waals surface area contributed by atoms with Crippen LogP contribution in [0.3, 0.4) is 0 Å². The third-order valence-corrected chi connectivity index (χ3v) is 5.03. The number of nitrogens with one attached hydrogen (secondary N) is 1. The Bertz CT molecular complexity index is 468. The quantitative estimate of drug-likeness (QED) is 0.878. The Labute approximate surface area is 105 Å². The molecule has 0 aliphatic heterocycles. The van der Waals surface area contributed by atoms with Crippen molar-refractivity contribution in [3.8, 4) is 0 Å². The lowest BCUT2D eigenvalue weighted by atomic mass is 10.0. The number of amides is 1. The first-order chi connectivity index (χ1) is 8.24. The van der Waals surface area contributed by atoms with E-state index in [0.717, 1.165) is 23.7 Å². The van der Waals surface area contributed by atoms with Crippen molar-refractivity contribution >= 4 is 17.5 Å². The van der Waals surface area contributed by atoms with Crippen LogP contribution in [0.15, 0.2) is 16.5 Å². The summed E-state index contributed by atoms with van der Waals surface area (Å²) in [4.78, 5) is 11.9. The molecule has 17 heavy (non-hydrogen) atoms. The van der Waals surface area contributed by atoms with E-state index in [1.54, 1.807) is 12.1 Å². The number of hydrogen-bond acceptors (Lipinski definition) is 2. The summed E-state index contributed by atoms with van der Waals surface area (Å²) in [6.07, 6.45) is 4.13. The smallest absolute Gasteiger partial charge is 0.287 e. The second-order valence-electron chi connectivity index (χ2n) is 5.59. The zero-order valence-corrected chi connectivity index (χ0v) is 10.1. The molecule has 3 aliphatic carbocycles. The minimum Gasteiger partial charge on any atom is -0.440 e. The minimum absolute atomic E-state index is 0.115. The third-order valence-electron chi connectivity index (χ3n) is 4.83. The van der Waals surface area contributed by atoms with E-state index >= 15 is 0 Å². The van der Waals surface area contributed by atoms with E-state index in [0.29, 0.717) is 11.8 Å². The summed E-state index contributed by atoms with van der Waals surface area (Å²) in [6, 6.07) is 3.64. The lowest BCUT2D eigenvalue weighted by Crippen LogP contribution is -2.29. The van der Waals surface area contributed by atoms with Crippen molar-refractivity contribution < 1.29 is 9.21 Å². The predicted molar refractivity (Wildman–Crippen MR) is 62.8 cm³/mol. The second-order valence-corrected chi connectivity index (χ2v) is 5.96. The van der Waals surface area contributed by atoms with Crippen LogP contribution in [0.1, 0.15) is 29.8 Å². The maximum atomic E-state index is 11.9. The average Bonchev–Trinajstić information content (AvgIpc) is 2.77. The highest BCUT2D eigenvalue weighted by molar-refractivity contribution is 6.29. The van der Waals surface area contributed by atoms with E-state index in [9.17, 15) is 4.79 Å². The monoisotopic (exact) mass is 251 g/mol. The fraction of sp³-hybridized carbons (Fsp3) is 0.615. The van der Waals surface area contributed by atoms with Crippen LogP contribution in [0.2, 0.25) is 5.22 Å². The average molecular weight is 252 g/mol. The molecule has 0 spiro atoms. The molecule has 1 aromatic rings. The van der Waals surface area contributed by atoms with Crippen LogP contribution in [-0.4, -0.2) is 11.9 Å². The van der Waals surface area contributed by atoms with Gasteiger partial charge in [-0.05, 0) is 66.7 Å². The van der Waals surface area contributed by atoms with E-state index in [4.69, 9.17) is 16.0 Å². The predicted octanol–water partition coefficient (Wildman–Crippen LogP) is 2.71. The van der Waals surface area contributed by atoms with Gasteiger partial charge in [0, 0.05) is 6.04 Å². The van der Waals surface area contributed by atoms with Crippen molar-refractivity contribution in [3.63, 3.8) is 0 Å². The van der Waals surface area contributed by atoms with Gasteiger partial charge in [0.05, 0.1) is 0 Å². The number of rotatable bonds is 2. The maximum Gasteiger partial charge on any atom is 0.287 e. The van der Waals surface area contributed by atoms with E-state index in [-0.39, 0.29) is 11.1 Å². The van der Waals surface area contributed by atoms with Gasteiger partial charge in [-0.1, -0.05) is 0 Å². The molecule has 2 bridgehead atoms. The number of halogens is 1. The first kappa shape index (κ1) is 10.0. The Morgan fingerprint density at radius 1 is 1.29 bits per heavy atom. The van der Waals surface area contributed by atoms with Crippen LogP contribution >= 0.6 is 11.6 Å². The Balaban J connectivity index is 1.45. The summed E-state index contributed by atoms with van der Waals surface area (Å²) in [5, 5.41) is 3.36. The molecular formula is C13H14ClNO2. The summed E-state index contributed by atoms with van der Waals surface area (Å²) < 4.78 is 5.12. The summed E-state index contributed by atoms with van der Waals surface area (Å²) in [7, 11) is 0. The number of furan rings is 1. The summed E-state index contributed by atoms with van der Waals surface area (Å²) in [5.74, 6) is 3.46. The Kier molecular flexibility index (Phi) is 1.93. The minimum atomic E-state index is -0.115. The molecule has 90 valence electrons. The molecule has 0 aromatic carbocycles. The van der Waals surface area contributed by atoms with Gasteiger partial charge in [0.2, 0.25) is 0 Å². The van der Waals surface area contributed by atoms with Crippen LogP contribution in [0, 0.1) is 23.7 Å². The van der Waals surface area contributed by atoms with Gasteiger partial charge in [-0.3, -0.25) is 4.79 Å². The molecule has 4 atom stereocenters. The number of carbonyl (C=O) groups excluding carboxylic acids is 1. The molecule has 4 unspecified atom stereocenters. The Morgan fingerprint density at radius 3 is 2.59 bits per heavy atom. The number of hydrogen-bond donors (Lipinski definition) is 1. The molecule has 3 fully saturated rings. The Hall–Kier alpha value is -0.960. The van der Waals surface area contributed by atoms with Crippen LogP contribution in [0.25, 0.3) is 0 Å². The van der Waals surface area contributed by atoms with Crippen molar-refractivity contribution in [2.45, 2.75) is 25.3 Å². The van der Waals surface area contributed by atoms with Gasteiger partial charge in [-0.25, -0.2) is 0 Å². The van der Waals surface area contributed by atoms with Crippen molar-refractivity contribution in [2.24, 2.45) is 23.7 Å². The van der Waals surface area contributed by atoms with Gasteiger partial charge in [0.15, 0.2) is 11.0 Å². The molecular weight excluding hydrogens is 238 g/mol.